The fourth-order valence-corrected chi connectivity index (χ4v) is 9.64. The van der Waals surface area contributed by atoms with E-state index in [1.54, 1.807) is 69.1 Å². The van der Waals surface area contributed by atoms with Crippen LogP contribution in [0, 0.1) is 0 Å². The highest BCUT2D eigenvalue weighted by Crippen LogP contribution is 2.43. The molecule has 2 atom stereocenters. The van der Waals surface area contributed by atoms with Crippen LogP contribution in [0.25, 0.3) is 6.08 Å². The molecule has 0 unspecified atom stereocenters. The minimum atomic E-state index is -1.02. The molecule has 2 aromatic heterocycles. The van der Waals surface area contributed by atoms with Crippen molar-refractivity contribution in [2.24, 2.45) is 5.16 Å². The number of ether oxygens (including phenoxy) is 2. The molecule has 1 saturated heterocycles. The lowest BCUT2D eigenvalue weighted by molar-refractivity contribution is -0.153. The quantitative estimate of drug-likeness (QED) is 0.0329. The second-order valence-corrected chi connectivity index (χ2v) is 17.3. The monoisotopic (exact) mass is 923 g/mol. The number of hydrogen-bond acceptors (Lipinski definition) is 14. The smallest absolute Gasteiger partial charge is 0.355 e. The highest BCUT2D eigenvalue weighted by molar-refractivity contribution is 8.00. The number of anilines is 1. The van der Waals surface area contributed by atoms with Gasteiger partial charge in [-0.15, -0.1) is 23.1 Å². The third-order valence-electron chi connectivity index (χ3n) is 10.9. The Labute approximate surface area is 389 Å². The Kier molecular flexibility index (Phi) is 13.7. The Morgan fingerprint density at radius 3 is 2.14 bits per heavy atom. The Hall–Kier alpha value is -7.50. The minimum absolute atomic E-state index is 0.0290. The predicted molar refractivity (Wildman–Crippen MR) is 251 cm³/mol. The van der Waals surface area contributed by atoms with Crippen molar-refractivity contribution < 1.29 is 38.0 Å². The number of benzene rings is 4. The van der Waals surface area contributed by atoms with Gasteiger partial charge in [-0.25, -0.2) is 9.78 Å². The molecular formula is C49H45N7O8S2. The topological polar surface area (TPSA) is 178 Å². The number of amides is 3. The normalized spacial score (nSPS) is 16.0. The summed E-state index contributed by atoms with van der Waals surface area (Å²) in [5.41, 5.74) is 3.78. The number of carbonyl (C=O) groups is 4. The lowest BCUT2D eigenvalue weighted by Gasteiger charge is -2.49. The summed E-state index contributed by atoms with van der Waals surface area (Å²) in [5.74, 6) is -0.824. The van der Waals surface area contributed by atoms with Gasteiger partial charge in [-0.3, -0.25) is 19.3 Å². The number of likely N-dealkylation sites (N-methyl/N-ethyl adjacent to an activating group) is 1. The number of allylic oxidation sites excluding steroid dienone is 1. The Morgan fingerprint density at radius 2 is 1.55 bits per heavy atom. The third kappa shape index (κ3) is 9.48. The van der Waals surface area contributed by atoms with Gasteiger partial charge < -0.3 is 34.4 Å². The lowest BCUT2D eigenvalue weighted by atomic mass is 9.77. The van der Waals surface area contributed by atoms with Crippen LogP contribution >= 0.6 is 23.1 Å². The SMILES string of the molecule is CO/N=C(\C(=O)N[C@@H]1C(=O)N2C(C(=O)OCc3ccc(OC)cc3)=C(/C=C\c3cc(CC(=O)N(C)C)no3)CS[C@H]12)c1csc(NC(c2ccccc2)(c2ccccc2)c2ccccc2)n1. The highest BCUT2D eigenvalue weighted by atomic mass is 32.2. The van der Waals surface area contributed by atoms with Crippen molar-refractivity contribution in [1.82, 2.24) is 25.3 Å². The molecule has 2 aliphatic heterocycles. The van der Waals surface area contributed by atoms with Crippen LogP contribution in [0.5, 0.6) is 5.75 Å². The molecule has 336 valence electrons. The van der Waals surface area contributed by atoms with Gasteiger partial charge in [0.15, 0.2) is 16.6 Å². The molecule has 0 bridgehead atoms. The first-order valence-corrected chi connectivity index (χ1v) is 22.7. The molecule has 6 aromatic rings. The van der Waals surface area contributed by atoms with Crippen molar-refractivity contribution in [1.29, 1.82) is 0 Å². The first-order chi connectivity index (χ1) is 32.1. The summed E-state index contributed by atoms with van der Waals surface area (Å²) in [6.45, 7) is -0.0702. The second-order valence-electron chi connectivity index (χ2n) is 15.3. The van der Waals surface area contributed by atoms with Crippen LogP contribution in [0.2, 0.25) is 0 Å². The maximum Gasteiger partial charge on any atom is 0.355 e. The molecule has 0 spiro atoms. The minimum Gasteiger partial charge on any atom is -0.497 e. The van der Waals surface area contributed by atoms with Gasteiger partial charge in [0.1, 0.15) is 47.8 Å². The van der Waals surface area contributed by atoms with Gasteiger partial charge in [-0.2, -0.15) is 0 Å². The molecule has 0 saturated carbocycles. The standard InChI is InChI=1S/C49H45N7O8S2/c1-55(2)40(57)27-36-26-38(64-53-36)25-22-32-29-65-46-42(45(59)56(46)43(32)47(60)63-28-31-20-23-37(61-3)24-21-31)51-44(58)41(54-62-4)39-30-66-48(50-39)52-49(33-14-8-5-9-15-33,34-16-10-6-11-17-34)35-18-12-7-13-19-35/h5-26,30,42,46H,27-29H2,1-4H3,(H,50,52)(H,51,58)/b25-22-,54-41-/t42-,46-/m1/s1. The third-order valence-corrected chi connectivity index (χ3v) is 13.0. The van der Waals surface area contributed by atoms with E-state index in [0.29, 0.717) is 33.5 Å². The first kappa shape index (κ1) is 45.1. The number of hydrogen-bond donors (Lipinski definition) is 2. The molecule has 2 aliphatic rings. The van der Waals surface area contributed by atoms with E-state index in [2.05, 4.69) is 57.3 Å². The number of aromatic nitrogens is 2. The molecule has 17 heteroatoms. The van der Waals surface area contributed by atoms with Gasteiger partial charge in [-0.1, -0.05) is 120 Å². The zero-order valence-corrected chi connectivity index (χ0v) is 38.0. The number of thioether (sulfide) groups is 1. The van der Waals surface area contributed by atoms with Gasteiger partial charge in [0.05, 0.1) is 19.2 Å². The van der Waals surface area contributed by atoms with Crippen molar-refractivity contribution in [3.8, 4) is 5.75 Å². The number of nitrogens with one attached hydrogen (secondary N) is 2. The number of nitrogens with zero attached hydrogens (tertiary/aromatic N) is 5. The summed E-state index contributed by atoms with van der Waals surface area (Å²) in [6.07, 6.45) is 3.32. The molecule has 8 rings (SSSR count). The number of oxime groups is 1. The van der Waals surface area contributed by atoms with Crippen molar-refractivity contribution in [2.45, 2.75) is 30.0 Å². The van der Waals surface area contributed by atoms with Crippen LogP contribution in [-0.4, -0.2) is 94.8 Å². The van der Waals surface area contributed by atoms with E-state index in [-0.39, 0.29) is 41.8 Å². The first-order valence-electron chi connectivity index (χ1n) is 20.7. The zero-order chi connectivity index (χ0) is 46.2. The van der Waals surface area contributed by atoms with E-state index in [4.69, 9.17) is 23.8 Å². The second kappa shape index (κ2) is 20.1. The number of thiazole rings is 1. The van der Waals surface area contributed by atoms with Crippen LogP contribution in [0.4, 0.5) is 5.13 Å². The average molecular weight is 924 g/mol. The van der Waals surface area contributed by atoms with Crippen LogP contribution in [0.3, 0.4) is 0 Å². The van der Waals surface area contributed by atoms with Crippen molar-refractivity contribution in [2.75, 3.05) is 39.4 Å². The van der Waals surface area contributed by atoms with E-state index in [1.807, 2.05) is 54.6 Å². The van der Waals surface area contributed by atoms with Crippen LogP contribution in [0.1, 0.15) is 39.4 Å². The van der Waals surface area contributed by atoms with Crippen LogP contribution < -0.4 is 15.4 Å². The summed E-state index contributed by atoms with van der Waals surface area (Å²) in [5, 5.41) is 16.2. The summed E-state index contributed by atoms with van der Waals surface area (Å²) in [4.78, 5) is 67.3. The number of rotatable bonds is 17. The fraction of sp³-hybridized carbons (Fsp3) is 0.204. The number of methoxy groups -OCH3 is 1. The Morgan fingerprint density at radius 1 is 0.909 bits per heavy atom. The van der Waals surface area contributed by atoms with Crippen molar-refractivity contribution in [3.05, 3.63) is 183 Å². The molecule has 4 heterocycles. The van der Waals surface area contributed by atoms with E-state index in [1.165, 1.54) is 40.0 Å². The molecule has 0 aliphatic carbocycles. The van der Waals surface area contributed by atoms with Crippen LogP contribution in [-0.2, 0) is 47.3 Å². The summed E-state index contributed by atoms with van der Waals surface area (Å²) in [6, 6.07) is 37.8. The lowest BCUT2D eigenvalue weighted by Crippen LogP contribution is -2.71. The molecule has 0 radical (unpaired) electrons. The molecular weight excluding hydrogens is 879 g/mol. The average Bonchev–Trinajstić information content (AvgIpc) is 4.02. The van der Waals surface area contributed by atoms with E-state index < -0.39 is 34.7 Å². The van der Waals surface area contributed by atoms with Gasteiger partial charge in [0, 0.05) is 31.3 Å². The summed E-state index contributed by atoms with van der Waals surface area (Å²) >= 11 is 2.65. The molecule has 3 amide bonds. The fourth-order valence-electron chi connectivity index (χ4n) is 7.57. The number of esters is 1. The van der Waals surface area contributed by atoms with Crippen molar-refractivity contribution in [3.63, 3.8) is 0 Å². The number of carbonyl (C=O) groups excluding carboxylic acids is 4. The largest absolute Gasteiger partial charge is 0.497 e. The molecule has 4 aromatic carbocycles. The van der Waals surface area contributed by atoms with E-state index in [0.717, 1.165) is 16.7 Å². The zero-order valence-electron chi connectivity index (χ0n) is 36.4. The van der Waals surface area contributed by atoms with E-state index in [9.17, 15) is 19.2 Å². The predicted octanol–water partition coefficient (Wildman–Crippen LogP) is 6.64. The van der Waals surface area contributed by atoms with Gasteiger partial charge >= 0.3 is 5.97 Å². The van der Waals surface area contributed by atoms with Gasteiger partial charge in [0.25, 0.3) is 11.8 Å². The Balaban J connectivity index is 1.03. The summed E-state index contributed by atoms with van der Waals surface area (Å²) in [7, 11) is 6.19. The maximum absolute atomic E-state index is 14.1. The molecule has 66 heavy (non-hydrogen) atoms. The van der Waals surface area contributed by atoms with Crippen molar-refractivity contribution >= 4 is 63.7 Å². The maximum atomic E-state index is 14.1. The molecule has 1 fully saturated rings. The summed E-state index contributed by atoms with van der Waals surface area (Å²) < 4.78 is 16.5. The highest BCUT2D eigenvalue weighted by Gasteiger charge is 2.54. The van der Waals surface area contributed by atoms with Crippen LogP contribution in [0.15, 0.2) is 154 Å². The van der Waals surface area contributed by atoms with E-state index >= 15 is 0 Å². The number of fused-ring (bicyclic) bond motifs is 1. The number of β-lactam (4-membered cyclic amide) rings is 1. The van der Waals surface area contributed by atoms with Gasteiger partial charge in [-0.05, 0) is 46.0 Å². The molecule has 15 nitrogen and oxygen atoms in total. The molecule has 2 N–H and O–H groups in total. The Bertz CT molecular complexity index is 2700. The van der Waals surface area contributed by atoms with Gasteiger partial charge in [0.2, 0.25) is 5.91 Å².